The fourth-order valence-electron chi connectivity index (χ4n) is 1.19. The number of carbonyl (C=O) groups excluding carboxylic acids is 1. The maximum atomic E-state index is 10.6. The number of rotatable bonds is 5. The van der Waals surface area contributed by atoms with Gasteiger partial charge >= 0.3 is 7.12 Å². The van der Waals surface area contributed by atoms with E-state index in [1.54, 1.807) is 18.2 Å². The van der Waals surface area contributed by atoms with Gasteiger partial charge in [0.05, 0.1) is 6.42 Å². The number of hydrogen-bond acceptors (Lipinski definition) is 5. The van der Waals surface area contributed by atoms with Gasteiger partial charge in [0.15, 0.2) is 0 Å². The monoisotopic (exact) mass is 211 g/mol. The molecule has 0 spiro atoms. The summed E-state index contributed by atoms with van der Waals surface area (Å²) in [4.78, 5) is 18.4. The third-order valence-electron chi connectivity index (χ3n) is 1.79. The quantitative estimate of drug-likeness (QED) is 0.342. The van der Waals surface area contributed by atoms with Crippen molar-refractivity contribution in [2.24, 2.45) is 5.73 Å². The maximum absolute atomic E-state index is 10.6. The van der Waals surface area contributed by atoms with Gasteiger partial charge in [0.25, 0.3) is 0 Å². The van der Waals surface area contributed by atoms with Crippen LogP contribution in [0.4, 0.5) is 0 Å². The number of benzene rings is 1. The first-order valence-electron chi connectivity index (χ1n) is 4.15. The van der Waals surface area contributed by atoms with Crippen LogP contribution in [-0.4, -0.2) is 23.5 Å². The molecule has 4 N–H and O–H groups in total. The van der Waals surface area contributed by atoms with Crippen LogP contribution in [0.3, 0.4) is 0 Å². The fourth-order valence-corrected chi connectivity index (χ4v) is 1.19. The normalized spacial score (nSPS) is 10.0. The average Bonchev–Trinajstić information content (AvgIpc) is 2.19. The van der Waals surface area contributed by atoms with E-state index in [9.17, 15) is 4.79 Å². The lowest BCUT2D eigenvalue weighted by Gasteiger charge is -2.06. The standard InChI is InChI=1S/C8H10BNO5/c10-8(11)5-6-2-1-3-7(4-6)9(14-12)15-13/h1-4,12-13H,5H2,(H2,10,11). The Morgan fingerprint density at radius 3 is 2.60 bits per heavy atom. The van der Waals surface area contributed by atoms with Crippen LogP contribution in [0.2, 0.25) is 0 Å². The highest BCUT2D eigenvalue weighted by atomic mass is 17.2. The predicted molar refractivity (Wildman–Crippen MR) is 52.2 cm³/mol. The first kappa shape index (κ1) is 11.7. The molecule has 1 amide bonds. The van der Waals surface area contributed by atoms with Gasteiger partial charge in [-0.3, -0.25) is 24.9 Å². The number of amides is 1. The lowest BCUT2D eigenvalue weighted by Crippen LogP contribution is -2.35. The Morgan fingerprint density at radius 2 is 2.07 bits per heavy atom. The van der Waals surface area contributed by atoms with Crippen LogP contribution in [0.1, 0.15) is 5.56 Å². The van der Waals surface area contributed by atoms with E-state index < -0.39 is 13.0 Å². The minimum absolute atomic E-state index is 0.0669. The predicted octanol–water partition coefficient (Wildman–Crippen LogP) is -0.611. The van der Waals surface area contributed by atoms with Gasteiger partial charge in [-0.05, 0) is 11.0 Å². The second kappa shape index (κ2) is 5.47. The van der Waals surface area contributed by atoms with Crippen LogP contribution in [0.15, 0.2) is 24.3 Å². The molecule has 1 aromatic carbocycles. The van der Waals surface area contributed by atoms with Crippen molar-refractivity contribution >= 4 is 18.5 Å². The summed E-state index contributed by atoms with van der Waals surface area (Å²) in [6, 6.07) is 6.39. The third kappa shape index (κ3) is 3.33. The molecule has 1 aromatic rings. The zero-order chi connectivity index (χ0) is 11.3. The molecule has 0 unspecified atom stereocenters. The van der Waals surface area contributed by atoms with Crippen molar-refractivity contribution in [3.63, 3.8) is 0 Å². The summed E-state index contributed by atoms with van der Waals surface area (Å²) < 4.78 is 0. The zero-order valence-electron chi connectivity index (χ0n) is 7.79. The highest BCUT2D eigenvalue weighted by molar-refractivity contribution is 6.60. The number of hydrogen-bond donors (Lipinski definition) is 3. The molecule has 0 aliphatic heterocycles. The lowest BCUT2D eigenvalue weighted by atomic mass is 9.79. The largest absolute Gasteiger partial charge is 0.554 e. The molecular formula is C8H10BNO5. The molecule has 1 rings (SSSR count). The highest BCUT2D eigenvalue weighted by Gasteiger charge is 2.22. The van der Waals surface area contributed by atoms with E-state index in [1.165, 1.54) is 6.07 Å². The molecule has 0 atom stereocenters. The summed E-state index contributed by atoms with van der Waals surface area (Å²) in [5, 5.41) is 16.8. The molecule has 0 saturated heterocycles. The minimum Gasteiger partial charge on any atom is -0.369 e. The number of primary amides is 1. The van der Waals surface area contributed by atoms with Gasteiger partial charge in [0.1, 0.15) is 0 Å². The minimum atomic E-state index is -1.29. The first-order chi connectivity index (χ1) is 7.17. The second-order valence-electron chi connectivity index (χ2n) is 2.93. The summed E-state index contributed by atoms with van der Waals surface area (Å²) in [5.41, 5.74) is 6.03. The molecule has 7 heteroatoms. The number of carbonyl (C=O) groups is 1. The molecule has 0 aliphatic rings. The van der Waals surface area contributed by atoms with Crippen molar-refractivity contribution in [2.45, 2.75) is 6.42 Å². The Bertz CT molecular complexity index is 342. The Kier molecular flexibility index (Phi) is 4.25. The van der Waals surface area contributed by atoms with Gasteiger partial charge in [-0.15, -0.1) is 0 Å². The van der Waals surface area contributed by atoms with Crippen LogP contribution < -0.4 is 11.2 Å². The summed E-state index contributed by atoms with van der Waals surface area (Å²) in [6.45, 7) is 0. The Balaban J connectivity index is 2.86. The summed E-state index contributed by atoms with van der Waals surface area (Å²) in [7, 11) is -1.29. The molecule has 15 heavy (non-hydrogen) atoms. The van der Waals surface area contributed by atoms with Crippen molar-refractivity contribution < 1.29 is 24.9 Å². The topological polar surface area (TPSA) is 102 Å². The highest BCUT2D eigenvalue weighted by Crippen LogP contribution is 1.99. The van der Waals surface area contributed by atoms with E-state index >= 15 is 0 Å². The molecule has 0 fully saturated rings. The summed E-state index contributed by atoms with van der Waals surface area (Å²) in [6.07, 6.45) is 0.0669. The molecule has 80 valence electrons. The summed E-state index contributed by atoms with van der Waals surface area (Å²) in [5.74, 6) is -0.474. The Hall–Kier alpha value is -1.41. The van der Waals surface area contributed by atoms with Gasteiger partial charge in [-0.1, -0.05) is 24.3 Å². The van der Waals surface area contributed by atoms with Crippen molar-refractivity contribution in [2.75, 3.05) is 0 Å². The Labute approximate surface area is 86.2 Å². The van der Waals surface area contributed by atoms with E-state index in [0.717, 1.165) is 0 Å². The van der Waals surface area contributed by atoms with E-state index in [4.69, 9.17) is 16.2 Å². The lowest BCUT2D eigenvalue weighted by molar-refractivity contribution is -0.221. The molecule has 0 aromatic heterocycles. The van der Waals surface area contributed by atoms with Crippen LogP contribution in [-0.2, 0) is 20.8 Å². The van der Waals surface area contributed by atoms with Gasteiger partial charge in [0.2, 0.25) is 5.91 Å². The van der Waals surface area contributed by atoms with E-state index in [2.05, 4.69) is 9.61 Å². The molecule has 6 nitrogen and oxygen atoms in total. The third-order valence-corrected chi connectivity index (χ3v) is 1.79. The van der Waals surface area contributed by atoms with E-state index in [1.807, 2.05) is 0 Å². The van der Waals surface area contributed by atoms with Crippen LogP contribution in [0, 0.1) is 0 Å². The van der Waals surface area contributed by atoms with Gasteiger partial charge in [-0.2, -0.15) is 0 Å². The molecule has 0 radical (unpaired) electrons. The average molecular weight is 211 g/mol. The maximum Gasteiger partial charge on any atom is 0.554 e. The first-order valence-corrected chi connectivity index (χ1v) is 4.15. The van der Waals surface area contributed by atoms with E-state index in [0.29, 0.717) is 11.0 Å². The Morgan fingerprint density at radius 1 is 1.40 bits per heavy atom. The van der Waals surface area contributed by atoms with E-state index in [-0.39, 0.29) is 6.42 Å². The van der Waals surface area contributed by atoms with Crippen molar-refractivity contribution in [1.82, 2.24) is 0 Å². The zero-order valence-corrected chi connectivity index (χ0v) is 7.79. The van der Waals surface area contributed by atoms with Crippen LogP contribution in [0.5, 0.6) is 0 Å². The van der Waals surface area contributed by atoms with Crippen LogP contribution >= 0.6 is 0 Å². The fraction of sp³-hybridized carbons (Fsp3) is 0.125. The SMILES string of the molecule is NC(=O)Cc1cccc(B(OO)OO)c1. The van der Waals surface area contributed by atoms with Gasteiger partial charge < -0.3 is 5.73 Å². The molecule has 0 bridgehead atoms. The van der Waals surface area contributed by atoms with Gasteiger partial charge in [0, 0.05) is 0 Å². The van der Waals surface area contributed by atoms with Crippen molar-refractivity contribution in [3.05, 3.63) is 29.8 Å². The second-order valence-corrected chi connectivity index (χ2v) is 2.93. The van der Waals surface area contributed by atoms with Crippen LogP contribution in [0.25, 0.3) is 0 Å². The molecular weight excluding hydrogens is 201 g/mol. The smallest absolute Gasteiger partial charge is 0.369 e. The van der Waals surface area contributed by atoms with Crippen molar-refractivity contribution in [3.8, 4) is 0 Å². The number of nitrogens with two attached hydrogens (primary N) is 1. The van der Waals surface area contributed by atoms with Crippen molar-refractivity contribution in [1.29, 1.82) is 0 Å². The van der Waals surface area contributed by atoms with Gasteiger partial charge in [-0.25, -0.2) is 0 Å². The molecule has 0 heterocycles. The molecule has 0 aliphatic carbocycles. The summed E-state index contributed by atoms with van der Waals surface area (Å²) >= 11 is 0. The molecule has 0 saturated carbocycles.